The van der Waals surface area contributed by atoms with Gasteiger partial charge in [-0.3, -0.25) is 19.4 Å². The van der Waals surface area contributed by atoms with E-state index in [1.165, 1.54) is 0 Å². The maximum absolute atomic E-state index is 12.9. The Morgan fingerprint density at radius 3 is 2.81 bits per heavy atom. The van der Waals surface area contributed by atoms with Gasteiger partial charge in [0, 0.05) is 37.7 Å². The number of nitrogens with zero attached hydrogens (tertiary/aromatic N) is 3. The van der Waals surface area contributed by atoms with E-state index in [4.69, 9.17) is 5.73 Å². The maximum atomic E-state index is 12.9. The van der Waals surface area contributed by atoms with Crippen molar-refractivity contribution < 1.29 is 14.4 Å². The van der Waals surface area contributed by atoms with E-state index in [2.05, 4.69) is 4.98 Å². The van der Waals surface area contributed by atoms with Crippen LogP contribution >= 0.6 is 0 Å². The van der Waals surface area contributed by atoms with Gasteiger partial charge in [0.2, 0.25) is 17.7 Å². The van der Waals surface area contributed by atoms with Crippen molar-refractivity contribution in [2.75, 3.05) is 13.1 Å². The molecule has 3 aliphatic heterocycles. The zero-order valence-corrected chi connectivity index (χ0v) is 15.6. The molecule has 3 fully saturated rings. The molecule has 4 heterocycles. The SMILES string of the molecule is Cc1cccnc1CC(=O)N1C[C@H]2C[C@@H](C1)[C@H](C(N)=O)N1C(=O)CCC[C@@H]21. The van der Waals surface area contributed by atoms with Crippen molar-refractivity contribution in [3.05, 3.63) is 29.6 Å². The van der Waals surface area contributed by atoms with E-state index in [9.17, 15) is 14.4 Å². The second kappa shape index (κ2) is 6.94. The molecule has 4 atom stereocenters. The molecule has 3 aliphatic rings. The molecule has 1 aromatic heterocycles. The predicted octanol–water partition coefficient (Wildman–Crippen LogP) is 0.646. The number of carbonyl (C=O) groups excluding carboxylic acids is 3. The zero-order chi connectivity index (χ0) is 19.1. The molecule has 7 nitrogen and oxygen atoms in total. The summed E-state index contributed by atoms with van der Waals surface area (Å²) >= 11 is 0. The van der Waals surface area contributed by atoms with Crippen molar-refractivity contribution in [1.29, 1.82) is 0 Å². The van der Waals surface area contributed by atoms with E-state index in [-0.39, 0.29) is 36.1 Å². The van der Waals surface area contributed by atoms with Gasteiger partial charge in [0.05, 0.1) is 12.1 Å². The van der Waals surface area contributed by atoms with E-state index >= 15 is 0 Å². The number of carbonyl (C=O) groups is 3. The summed E-state index contributed by atoms with van der Waals surface area (Å²) in [6.45, 7) is 3.07. The van der Waals surface area contributed by atoms with Gasteiger partial charge in [-0.2, -0.15) is 0 Å². The van der Waals surface area contributed by atoms with E-state index < -0.39 is 11.9 Å². The third kappa shape index (κ3) is 3.19. The summed E-state index contributed by atoms with van der Waals surface area (Å²) in [6, 6.07) is 3.24. The van der Waals surface area contributed by atoms with Crippen LogP contribution in [0.4, 0.5) is 0 Å². The smallest absolute Gasteiger partial charge is 0.240 e. The average molecular weight is 370 g/mol. The Balaban J connectivity index is 1.56. The number of hydrogen-bond acceptors (Lipinski definition) is 4. The molecule has 7 heteroatoms. The number of pyridine rings is 1. The Morgan fingerprint density at radius 1 is 1.30 bits per heavy atom. The molecule has 0 aliphatic carbocycles. The molecule has 0 unspecified atom stereocenters. The average Bonchev–Trinajstić information content (AvgIpc) is 2.64. The molecule has 2 N–H and O–H groups in total. The maximum Gasteiger partial charge on any atom is 0.240 e. The van der Waals surface area contributed by atoms with Gasteiger partial charge in [-0.25, -0.2) is 0 Å². The first kappa shape index (κ1) is 17.9. The molecule has 27 heavy (non-hydrogen) atoms. The molecule has 144 valence electrons. The van der Waals surface area contributed by atoms with Crippen molar-refractivity contribution >= 4 is 17.7 Å². The highest BCUT2D eigenvalue weighted by Crippen LogP contribution is 2.41. The van der Waals surface area contributed by atoms with E-state index in [1.807, 2.05) is 24.0 Å². The lowest BCUT2D eigenvalue weighted by Crippen LogP contribution is -2.68. The predicted molar refractivity (Wildman–Crippen MR) is 98.3 cm³/mol. The minimum Gasteiger partial charge on any atom is -0.368 e. The van der Waals surface area contributed by atoms with Gasteiger partial charge in [-0.15, -0.1) is 0 Å². The van der Waals surface area contributed by atoms with Crippen LogP contribution in [-0.4, -0.2) is 57.7 Å². The molecule has 3 amide bonds. The molecule has 1 aromatic rings. The molecule has 0 spiro atoms. The summed E-state index contributed by atoms with van der Waals surface area (Å²) in [5.74, 6) is -0.238. The van der Waals surface area contributed by atoms with E-state index in [0.29, 0.717) is 19.5 Å². The van der Waals surface area contributed by atoms with Gasteiger partial charge in [-0.1, -0.05) is 6.07 Å². The fourth-order valence-electron chi connectivity index (χ4n) is 5.18. The number of piperidine rings is 3. The number of amides is 3. The van der Waals surface area contributed by atoms with Crippen LogP contribution in [-0.2, 0) is 20.8 Å². The summed E-state index contributed by atoms with van der Waals surface area (Å²) < 4.78 is 0. The van der Waals surface area contributed by atoms with Crippen molar-refractivity contribution in [3.63, 3.8) is 0 Å². The van der Waals surface area contributed by atoms with Crippen LogP contribution in [0, 0.1) is 18.8 Å². The Hall–Kier alpha value is -2.44. The number of rotatable bonds is 3. The lowest BCUT2D eigenvalue weighted by molar-refractivity contribution is -0.161. The van der Waals surface area contributed by atoms with Crippen LogP contribution in [0.1, 0.15) is 36.9 Å². The third-order valence-corrected chi connectivity index (χ3v) is 6.42. The fourth-order valence-corrected chi connectivity index (χ4v) is 5.18. The monoisotopic (exact) mass is 370 g/mol. The van der Waals surface area contributed by atoms with Crippen LogP contribution in [0.3, 0.4) is 0 Å². The summed E-state index contributed by atoms with van der Waals surface area (Å²) in [5.41, 5.74) is 7.48. The number of aromatic nitrogens is 1. The van der Waals surface area contributed by atoms with Crippen LogP contribution < -0.4 is 5.73 Å². The summed E-state index contributed by atoms with van der Waals surface area (Å²) in [5, 5.41) is 0. The Morgan fingerprint density at radius 2 is 2.07 bits per heavy atom. The minimum absolute atomic E-state index is 0.0205. The molecular formula is C20H26N4O3. The first-order chi connectivity index (χ1) is 13.0. The molecule has 4 rings (SSSR count). The van der Waals surface area contributed by atoms with E-state index in [0.717, 1.165) is 30.5 Å². The lowest BCUT2D eigenvalue weighted by Gasteiger charge is -2.55. The zero-order valence-electron chi connectivity index (χ0n) is 15.6. The van der Waals surface area contributed by atoms with Crippen LogP contribution in [0.5, 0.6) is 0 Å². The number of hydrogen-bond donors (Lipinski definition) is 1. The number of primary amides is 1. The second-order valence-electron chi connectivity index (χ2n) is 8.11. The van der Waals surface area contributed by atoms with Crippen molar-refractivity contribution in [2.24, 2.45) is 17.6 Å². The van der Waals surface area contributed by atoms with Gasteiger partial charge in [0.15, 0.2) is 0 Å². The molecular weight excluding hydrogens is 344 g/mol. The van der Waals surface area contributed by atoms with Crippen molar-refractivity contribution in [1.82, 2.24) is 14.8 Å². The Kier molecular flexibility index (Phi) is 4.61. The van der Waals surface area contributed by atoms with Crippen molar-refractivity contribution in [3.8, 4) is 0 Å². The minimum atomic E-state index is -0.591. The topological polar surface area (TPSA) is 96.6 Å². The largest absolute Gasteiger partial charge is 0.368 e. The number of aryl methyl sites for hydroxylation is 1. The molecule has 0 radical (unpaired) electrons. The molecule has 2 bridgehead atoms. The van der Waals surface area contributed by atoms with Crippen LogP contribution in [0.15, 0.2) is 18.3 Å². The van der Waals surface area contributed by atoms with E-state index in [1.54, 1.807) is 11.1 Å². The quantitative estimate of drug-likeness (QED) is 0.845. The standard InChI is InChI=1S/C20H26N4O3/c1-12-4-3-7-22-15(12)9-18(26)23-10-13-8-14(11-23)19(20(21)27)24-16(13)5-2-6-17(24)25/h3-4,7,13-14,16,19H,2,5-6,8-11H2,1H3,(H2,21,27)/t13-,14+,16+,19-/m1/s1. The van der Waals surface area contributed by atoms with Gasteiger partial charge >= 0.3 is 0 Å². The molecule has 0 aromatic carbocycles. The molecule has 0 saturated carbocycles. The van der Waals surface area contributed by atoms with Gasteiger partial charge < -0.3 is 15.5 Å². The number of fused-ring (bicyclic) bond motifs is 4. The number of nitrogens with two attached hydrogens (primary N) is 1. The normalized spacial score (nSPS) is 30.0. The van der Waals surface area contributed by atoms with Gasteiger partial charge in [0.1, 0.15) is 6.04 Å². The fraction of sp³-hybridized carbons (Fsp3) is 0.600. The second-order valence-corrected chi connectivity index (χ2v) is 8.11. The summed E-state index contributed by atoms with van der Waals surface area (Å²) in [4.78, 5) is 45.6. The van der Waals surface area contributed by atoms with Crippen LogP contribution in [0.25, 0.3) is 0 Å². The molecule has 3 saturated heterocycles. The third-order valence-electron chi connectivity index (χ3n) is 6.42. The van der Waals surface area contributed by atoms with Gasteiger partial charge in [0.25, 0.3) is 0 Å². The Labute approximate surface area is 158 Å². The lowest BCUT2D eigenvalue weighted by atomic mass is 9.71. The number of likely N-dealkylation sites (tertiary alicyclic amines) is 1. The Bertz CT molecular complexity index is 780. The first-order valence-electron chi connectivity index (χ1n) is 9.74. The first-order valence-corrected chi connectivity index (χ1v) is 9.74. The highest BCUT2D eigenvalue weighted by Gasteiger charge is 2.51. The highest BCUT2D eigenvalue weighted by atomic mass is 16.2. The van der Waals surface area contributed by atoms with Crippen molar-refractivity contribution in [2.45, 2.75) is 51.1 Å². The highest BCUT2D eigenvalue weighted by molar-refractivity contribution is 5.88. The summed E-state index contributed by atoms with van der Waals surface area (Å²) in [6.07, 6.45) is 5.04. The van der Waals surface area contributed by atoms with Gasteiger partial charge in [-0.05, 0) is 43.7 Å². The summed E-state index contributed by atoms with van der Waals surface area (Å²) in [7, 11) is 0. The van der Waals surface area contributed by atoms with Crippen LogP contribution in [0.2, 0.25) is 0 Å².